The molecule has 2 aliphatic rings. The van der Waals surface area contributed by atoms with Crippen LogP contribution in [0.25, 0.3) is 0 Å². The van der Waals surface area contributed by atoms with Gasteiger partial charge in [0.2, 0.25) is 0 Å². The second kappa shape index (κ2) is 5.18. The van der Waals surface area contributed by atoms with Crippen LogP contribution in [-0.4, -0.2) is 29.3 Å². The molecule has 0 radical (unpaired) electrons. The van der Waals surface area contributed by atoms with Crippen molar-refractivity contribution in [1.82, 2.24) is 0 Å². The van der Waals surface area contributed by atoms with E-state index in [1.807, 2.05) is 0 Å². The number of halogens is 3. The van der Waals surface area contributed by atoms with E-state index < -0.39 is 12.0 Å². The van der Waals surface area contributed by atoms with Gasteiger partial charge >= 0.3 is 6.36 Å². The van der Waals surface area contributed by atoms with Crippen molar-refractivity contribution in [3.8, 4) is 5.75 Å². The Hall–Kier alpha value is -1.27. The second-order valence-electron chi connectivity index (χ2n) is 5.92. The van der Waals surface area contributed by atoms with E-state index in [9.17, 15) is 18.3 Å². The molecular formula is C15H17F3O3. The molecule has 2 bridgehead atoms. The van der Waals surface area contributed by atoms with Crippen molar-refractivity contribution in [3.63, 3.8) is 0 Å². The largest absolute Gasteiger partial charge is 0.573 e. The third kappa shape index (κ3) is 3.49. The highest BCUT2D eigenvalue weighted by Crippen LogP contribution is 2.41. The van der Waals surface area contributed by atoms with Gasteiger partial charge in [-0.3, -0.25) is 0 Å². The zero-order chi connectivity index (χ0) is 15.1. The first-order valence-corrected chi connectivity index (χ1v) is 7.04. The average molecular weight is 302 g/mol. The molecule has 2 aliphatic heterocycles. The molecule has 2 heterocycles. The maximum atomic E-state index is 12.4. The van der Waals surface area contributed by atoms with Gasteiger partial charge in [-0.1, -0.05) is 18.2 Å². The highest BCUT2D eigenvalue weighted by molar-refractivity contribution is 5.35. The summed E-state index contributed by atoms with van der Waals surface area (Å²) in [6.07, 6.45) is -1.80. The minimum absolute atomic E-state index is 0.0180. The van der Waals surface area contributed by atoms with Gasteiger partial charge in [0, 0.05) is 19.3 Å². The average Bonchev–Trinajstić information content (AvgIpc) is 2.70. The highest BCUT2D eigenvalue weighted by Gasteiger charge is 2.44. The first-order valence-electron chi connectivity index (χ1n) is 7.04. The van der Waals surface area contributed by atoms with Crippen LogP contribution in [0.4, 0.5) is 13.2 Å². The number of fused-ring (bicyclic) bond motifs is 2. The Balaban J connectivity index is 1.78. The number of para-hydroxylation sites is 1. The molecule has 2 atom stereocenters. The molecule has 1 aromatic carbocycles. The predicted octanol–water partition coefficient (Wildman–Crippen LogP) is 3.20. The van der Waals surface area contributed by atoms with Crippen molar-refractivity contribution < 1.29 is 27.8 Å². The van der Waals surface area contributed by atoms with Gasteiger partial charge in [-0.05, 0) is 24.5 Å². The summed E-state index contributed by atoms with van der Waals surface area (Å²) in [5.41, 5.74) is -0.645. The van der Waals surface area contributed by atoms with Gasteiger partial charge in [0.15, 0.2) is 0 Å². The van der Waals surface area contributed by atoms with Crippen molar-refractivity contribution >= 4 is 0 Å². The lowest BCUT2D eigenvalue weighted by Crippen LogP contribution is -2.42. The van der Waals surface area contributed by atoms with Crippen LogP contribution in [0.3, 0.4) is 0 Å². The summed E-state index contributed by atoms with van der Waals surface area (Å²) in [5, 5.41) is 10.7. The van der Waals surface area contributed by atoms with Crippen LogP contribution in [-0.2, 0) is 11.2 Å². The first-order chi connectivity index (χ1) is 9.83. The lowest BCUT2D eigenvalue weighted by molar-refractivity contribution is -0.275. The van der Waals surface area contributed by atoms with Crippen molar-refractivity contribution in [2.45, 2.75) is 56.3 Å². The molecule has 3 rings (SSSR count). The molecule has 2 fully saturated rings. The predicted molar refractivity (Wildman–Crippen MR) is 68.9 cm³/mol. The van der Waals surface area contributed by atoms with Crippen LogP contribution < -0.4 is 4.74 Å². The lowest BCUT2D eigenvalue weighted by Gasteiger charge is -2.36. The van der Waals surface area contributed by atoms with Crippen molar-refractivity contribution in [2.24, 2.45) is 0 Å². The van der Waals surface area contributed by atoms with Crippen molar-refractivity contribution in [3.05, 3.63) is 29.8 Å². The molecule has 116 valence electrons. The second-order valence-corrected chi connectivity index (χ2v) is 5.92. The van der Waals surface area contributed by atoms with Crippen LogP contribution in [0.5, 0.6) is 5.75 Å². The minimum Gasteiger partial charge on any atom is -0.406 e. The van der Waals surface area contributed by atoms with Gasteiger partial charge in [0.25, 0.3) is 0 Å². The quantitative estimate of drug-likeness (QED) is 0.932. The molecule has 0 spiro atoms. The van der Waals surface area contributed by atoms with Crippen LogP contribution in [0.2, 0.25) is 0 Å². The SMILES string of the molecule is OC1(Cc2ccccc2OC(F)(F)F)CC2CCC(C1)O2. The summed E-state index contributed by atoms with van der Waals surface area (Å²) >= 11 is 0. The van der Waals surface area contributed by atoms with Gasteiger partial charge in [0.05, 0.1) is 17.8 Å². The molecule has 1 aromatic rings. The Labute approximate surface area is 120 Å². The molecule has 3 nitrogen and oxygen atoms in total. The monoisotopic (exact) mass is 302 g/mol. The van der Waals surface area contributed by atoms with Gasteiger partial charge in [-0.15, -0.1) is 13.2 Å². The van der Waals surface area contributed by atoms with E-state index in [4.69, 9.17) is 4.74 Å². The Bertz CT molecular complexity index is 503. The van der Waals surface area contributed by atoms with E-state index in [1.54, 1.807) is 12.1 Å². The van der Waals surface area contributed by atoms with Crippen LogP contribution in [0, 0.1) is 0 Å². The highest BCUT2D eigenvalue weighted by atomic mass is 19.4. The zero-order valence-corrected chi connectivity index (χ0v) is 11.4. The molecule has 2 saturated heterocycles. The van der Waals surface area contributed by atoms with E-state index in [0.29, 0.717) is 18.4 Å². The van der Waals surface area contributed by atoms with E-state index in [2.05, 4.69) is 4.74 Å². The van der Waals surface area contributed by atoms with Crippen LogP contribution >= 0.6 is 0 Å². The summed E-state index contributed by atoms with van der Waals surface area (Å²) in [6, 6.07) is 5.98. The molecular weight excluding hydrogens is 285 g/mol. The number of hydrogen-bond acceptors (Lipinski definition) is 3. The van der Waals surface area contributed by atoms with E-state index in [-0.39, 0.29) is 24.4 Å². The zero-order valence-electron chi connectivity index (χ0n) is 11.4. The first kappa shape index (κ1) is 14.7. The Morgan fingerprint density at radius 3 is 2.43 bits per heavy atom. The topological polar surface area (TPSA) is 38.7 Å². The molecule has 2 unspecified atom stereocenters. The Kier molecular flexibility index (Phi) is 3.61. The fourth-order valence-corrected chi connectivity index (χ4v) is 3.38. The van der Waals surface area contributed by atoms with E-state index in [1.165, 1.54) is 12.1 Å². The summed E-state index contributed by atoms with van der Waals surface area (Å²) in [7, 11) is 0. The minimum atomic E-state index is -4.73. The number of hydrogen-bond donors (Lipinski definition) is 1. The fraction of sp³-hybridized carbons (Fsp3) is 0.600. The Morgan fingerprint density at radius 1 is 1.19 bits per heavy atom. The molecule has 21 heavy (non-hydrogen) atoms. The number of rotatable bonds is 3. The third-order valence-corrected chi connectivity index (χ3v) is 4.13. The van der Waals surface area contributed by atoms with Crippen molar-refractivity contribution in [2.75, 3.05) is 0 Å². The van der Waals surface area contributed by atoms with E-state index >= 15 is 0 Å². The van der Waals surface area contributed by atoms with Gasteiger partial charge in [0.1, 0.15) is 5.75 Å². The molecule has 6 heteroatoms. The molecule has 0 aromatic heterocycles. The maximum absolute atomic E-state index is 12.4. The summed E-state index contributed by atoms with van der Waals surface area (Å²) in [5.74, 6) is -0.239. The summed E-state index contributed by atoms with van der Waals surface area (Å²) in [4.78, 5) is 0. The summed E-state index contributed by atoms with van der Waals surface area (Å²) < 4.78 is 47.0. The number of aliphatic hydroxyl groups is 1. The number of alkyl halides is 3. The van der Waals surface area contributed by atoms with Gasteiger partial charge in [-0.25, -0.2) is 0 Å². The van der Waals surface area contributed by atoms with Crippen LogP contribution in [0.15, 0.2) is 24.3 Å². The number of benzene rings is 1. The van der Waals surface area contributed by atoms with Gasteiger partial charge < -0.3 is 14.6 Å². The number of ether oxygens (including phenoxy) is 2. The molecule has 1 N–H and O–H groups in total. The molecule has 0 aliphatic carbocycles. The van der Waals surface area contributed by atoms with Crippen LogP contribution in [0.1, 0.15) is 31.2 Å². The smallest absolute Gasteiger partial charge is 0.406 e. The standard InChI is InChI=1S/C15H17F3O3/c16-15(17,18)21-13-4-2-1-3-10(13)7-14(19)8-11-5-6-12(9-14)20-11/h1-4,11-12,19H,5-9H2. The fourth-order valence-electron chi connectivity index (χ4n) is 3.38. The molecule has 0 amide bonds. The maximum Gasteiger partial charge on any atom is 0.573 e. The third-order valence-electron chi connectivity index (χ3n) is 4.13. The van der Waals surface area contributed by atoms with Crippen molar-refractivity contribution in [1.29, 1.82) is 0 Å². The lowest BCUT2D eigenvalue weighted by atomic mass is 9.84. The van der Waals surface area contributed by atoms with Gasteiger partial charge in [-0.2, -0.15) is 0 Å². The Morgan fingerprint density at radius 2 is 1.81 bits per heavy atom. The normalized spacial score (nSPS) is 32.2. The summed E-state index contributed by atoms with van der Waals surface area (Å²) in [6.45, 7) is 0. The van der Waals surface area contributed by atoms with E-state index in [0.717, 1.165) is 12.8 Å². The molecule has 0 saturated carbocycles.